The topological polar surface area (TPSA) is 98.1 Å². The summed E-state index contributed by atoms with van der Waals surface area (Å²) < 4.78 is 17.4. The zero-order valence-electron chi connectivity index (χ0n) is 17.9. The minimum atomic E-state index is -1.12. The van der Waals surface area contributed by atoms with Crippen LogP contribution in [0.3, 0.4) is 0 Å². The Hall–Kier alpha value is -3.94. The molecule has 0 saturated carbocycles. The molecule has 2 aromatic heterocycles. The monoisotopic (exact) mass is 421 g/mol. The molecule has 0 bridgehead atoms. The lowest BCUT2D eigenvalue weighted by atomic mass is 10.2. The van der Waals surface area contributed by atoms with Gasteiger partial charge in [0.1, 0.15) is 11.5 Å². The van der Waals surface area contributed by atoms with E-state index in [-0.39, 0.29) is 0 Å². The smallest absolute Gasteiger partial charge is 0.416 e. The molecule has 0 spiro atoms. The fourth-order valence-corrected chi connectivity index (χ4v) is 3.78. The first-order valence-electron chi connectivity index (χ1n) is 9.60. The largest absolute Gasteiger partial charge is 0.494 e. The van der Waals surface area contributed by atoms with Gasteiger partial charge in [0.15, 0.2) is 11.5 Å². The number of aromatic amines is 1. The van der Waals surface area contributed by atoms with E-state index >= 15 is 0 Å². The van der Waals surface area contributed by atoms with Crippen molar-refractivity contribution in [2.75, 3.05) is 21.3 Å². The number of carboxylic acid groups (broad SMARTS) is 1. The number of methoxy groups -OCH3 is 3. The van der Waals surface area contributed by atoms with Crippen LogP contribution in [-0.2, 0) is 4.74 Å². The highest BCUT2D eigenvalue weighted by Crippen LogP contribution is 2.35. The van der Waals surface area contributed by atoms with E-state index in [1.807, 2.05) is 26.0 Å². The number of carbonyl (C=O) groups is 1. The van der Waals surface area contributed by atoms with Gasteiger partial charge in [0, 0.05) is 28.9 Å². The summed E-state index contributed by atoms with van der Waals surface area (Å²) in [6.07, 6.45) is 2.50. The first-order chi connectivity index (χ1) is 14.9. The van der Waals surface area contributed by atoms with E-state index in [9.17, 15) is 9.90 Å². The summed E-state index contributed by atoms with van der Waals surface area (Å²) >= 11 is 0. The van der Waals surface area contributed by atoms with Gasteiger partial charge in [-0.2, -0.15) is 0 Å². The van der Waals surface area contributed by atoms with Crippen LogP contribution in [0.15, 0.2) is 46.8 Å². The maximum atomic E-state index is 12.1. The highest BCUT2D eigenvalue weighted by Gasteiger charge is 2.24. The number of allylic oxidation sites excluding steroid dienone is 1. The van der Waals surface area contributed by atoms with Crippen molar-refractivity contribution in [3.8, 4) is 11.5 Å². The molecular weight excluding hydrogens is 398 g/mol. The molecule has 1 aromatic carbocycles. The number of rotatable bonds is 5. The summed E-state index contributed by atoms with van der Waals surface area (Å²) in [5.41, 5.74) is 5.05. The number of fused-ring (bicyclic) bond motifs is 1. The molecule has 8 nitrogen and oxygen atoms in total. The number of aliphatic imine (C=N–C) groups is 1. The number of H-pyrrole nitrogens is 1. The third-order valence-corrected chi connectivity index (χ3v) is 5.21. The van der Waals surface area contributed by atoms with Crippen LogP contribution in [-0.4, -0.2) is 47.8 Å². The Balaban J connectivity index is 1.89. The zero-order valence-corrected chi connectivity index (χ0v) is 17.9. The summed E-state index contributed by atoms with van der Waals surface area (Å²) in [6.45, 7) is 3.99. The summed E-state index contributed by atoms with van der Waals surface area (Å²) in [5, 5.41) is 10.6. The van der Waals surface area contributed by atoms with Gasteiger partial charge in [-0.15, -0.1) is 0 Å². The average Bonchev–Trinajstić information content (AvgIpc) is 3.41. The van der Waals surface area contributed by atoms with E-state index in [0.717, 1.165) is 17.0 Å². The molecule has 0 unspecified atom stereocenters. The summed E-state index contributed by atoms with van der Waals surface area (Å²) in [4.78, 5) is 20.1. The van der Waals surface area contributed by atoms with Crippen LogP contribution in [0, 0.1) is 13.8 Å². The van der Waals surface area contributed by atoms with Gasteiger partial charge in [0.2, 0.25) is 0 Å². The van der Waals surface area contributed by atoms with Crippen LogP contribution in [0.25, 0.3) is 17.0 Å². The van der Waals surface area contributed by atoms with E-state index < -0.39 is 6.09 Å². The first-order valence-corrected chi connectivity index (χ1v) is 9.60. The molecule has 0 radical (unpaired) electrons. The Morgan fingerprint density at radius 1 is 1.06 bits per heavy atom. The van der Waals surface area contributed by atoms with Crippen molar-refractivity contribution in [2.24, 2.45) is 4.99 Å². The number of benzene rings is 1. The fraction of sp³-hybridized carbons (Fsp3) is 0.217. The quantitative estimate of drug-likeness (QED) is 0.632. The second kappa shape index (κ2) is 7.71. The van der Waals surface area contributed by atoms with E-state index in [1.54, 1.807) is 31.4 Å². The lowest BCUT2D eigenvalue weighted by molar-refractivity contribution is 0.197. The molecule has 1 aliphatic heterocycles. The van der Waals surface area contributed by atoms with Gasteiger partial charge >= 0.3 is 6.09 Å². The molecule has 31 heavy (non-hydrogen) atoms. The minimum Gasteiger partial charge on any atom is -0.494 e. The van der Waals surface area contributed by atoms with E-state index in [0.29, 0.717) is 45.3 Å². The van der Waals surface area contributed by atoms with Gasteiger partial charge in [-0.05, 0) is 43.7 Å². The standard InChI is InChI=1S/C23H23N3O5/c1-12-6-13(2)24-15(12)9-17-20(29-3)10-16(25-17)19-7-14-8-21(30-4)22(31-5)11-18(14)26(19)23(27)28/h6-11,24H,1-5H3,(H,27,28). The molecule has 0 amide bonds. The van der Waals surface area contributed by atoms with Crippen LogP contribution >= 0.6 is 0 Å². The van der Waals surface area contributed by atoms with Crippen molar-refractivity contribution in [3.63, 3.8) is 0 Å². The van der Waals surface area contributed by atoms with Gasteiger partial charge in [-0.3, -0.25) is 0 Å². The summed E-state index contributed by atoms with van der Waals surface area (Å²) in [7, 11) is 4.61. The van der Waals surface area contributed by atoms with Gasteiger partial charge in [0.05, 0.1) is 38.3 Å². The Kier molecular flexibility index (Phi) is 5.06. The van der Waals surface area contributed by atoms with Crippen LogP contribution in [0.4, 0.5) is 4.79 Å². The second-order valence-corrected chi connectivity index (χ2v) is 7.20. The maximum Gasteiger partial charge on any atom is 0.416 e. The highest BCUT2D eigenvalue weighted by molar-refractivity contribution is 6.15. The highest BCUT2D eigenvalue weighted by atomic mass is 16.5. The molecule has 1 aliphatic rings. The lowest BCUT2D eigenvalue weighted by Crippen LogP contribution is -2.14. The van der Waals surface area contributed by atoms with Crippen molar-refractivity contribution < 1.29 is 24.1 Å². The third kappa shape index (κ3) is 3.46. The molecular formula is C23H23N3O5. The number of nitrogens with one attached hydrogen (secondary N) is 1. The number of hydrogen-bond acceptors (Lipinski definition) is 5. The second-order valence-electron chi connectivity index (χ2n) is 7.20. The van der Waals surface area contributed by atoms with E-state index in [1.165, 1.54) is 18.8 Å². The van der Waals surface area contributed by atoms with Crippen LogP contribution in [0.5, 0.6) is 11.5 Å². The van der Waals surface area contributed by atoms with E-state index in [4.69, 9.17) is 14.2 Å². The molecule has 2 N–H and O–H groups in total. The number of hydrogen-bond donors (Lipinski definition) is 2. The summed E-state index contributed by atoms with van der Waals surface area (Å²) in [5.74, 6) is 1.52. The Morgan fingerprint density at radius 3 is 2.35 bits per heavy atom. The van der Waals surface area contributed by atoms with Gasteiger partial charge in [0.25, 0.3) is 0 Å². The molecule has 3 aromatic rings. The van der Waals surface area contributed by atoms with Gasteiger partial charge < -0.3 is 24.3 Å². The fourth-order valence-electron chi connectivity index (χ4n) is 3.78. The Labute approximate surface area is 179 Å². The van der Waals surface area contributed by atoms with Crippen molar-refractivity contribution >= 4 is 28.8 Å². The number of ether oxygens (including phenoxy) is 3. The van der Waals surface area contributed by atoms with Crippen LogP contribution < -0.4 is 9.47 Å². The van der Waals surface area contributed by atoms with Crippen LogP contribution in [0.2, 0.25) is 0 Å². The molecule has 0 saturated heterocycles. The third-order valence-electron chi connectivity index (χ3n) is 5.21. The first kappa shape index (κ1) is 20.3. The Morgan fingerprint density at radius 2 is 1.77 bits per heavy atom. The van der Waals surface area contributed by atoms with Gasteiger partial charge in [-0.25, -0.2) is 14.4 Å². The predicted molar refractivity (Wildman–Crippen MR) is 118 cm³/mol. The molecule has 0 aliphatic carbocycles. The van der Waals surface area contributed by atoms with Crippen molar-refractivity contribution in [1.29, 1.82) is 0 Å². The van der Waals surface area contributed by atoms with Crippen molar-refractivity contribution in [3.05, 3.63) is 64.4 Å². The molecule has 4 rings (SSSR count). The van der Waals surface area contributed by atoms with Gasteiger partial charge in [-0.1, -0.05) is 0 Å². The van der Waals surface area contributed by atoms with E-state index in [2.05, 4.69) is 9.98 Å². The normalized spacial score (nSPS) is 14.7. The summed E-state index contributed by atoms with van der Waals surface area (Å²) in [6, 6.07) is 7.20. The Bertz CT molecular complexity index is 1290. The molecule has 160 valence electrons. The average molecular weight is 421 g/mol. The molecule has 0 fully saturated rings. The molecule has 8 heteroatoms. The lowest BCUT2D eigenvalue weighted by Gasteiger charge is -2.08. The number of aryl methyl sites for hydroxylation is 2. The zero-order chi connectivity index (χ0) is 22.3. The minimum absolute atomic E-state index is 0.426. The SMILES string of the molecule is COC1=CC(c2cc3cc(OC)c(OC)cc3n2C(=O)O)=NC1=Cc1[nH]c(C)cc1C. The van der Waals surface area contributed by atoms with Crippen molar-refractivity contribution in [2.45, 2.75) is 13.8 Å². The molecule has 3 heterocycles. The van der Waals surface area contributed by atoms with Crippen molar-refractivity contribution in [1.82, 2.24) is 9.55 Å². The maximum absolute atomic E-state index is 12.1. The number of nitrogens with zero attached hydrogens (tertiary/aromatic N) is 2. The molecule has 0 atom stereocenters. The van der Waals surface area contributed by atoms with Crippen LogP contribution in [0.1, 0.15) is 22.6 Å². The predicted octanol–water partition coefficient (Wildman–Crippen LogP) is 4.50. The number of aromatic nitrogens is 2.